The van der Waals surface area contributed by atoms with Crippen LogP contribution in [0, 0.1) is 6.92 Å². The van der Waals surface area contributed by atoms with E-state index in [9.17, 15) is 9.59 Å². The molecular weight excluding hydrogens is 334 g/mol. The van der Waals surface area contributed by atoms with Gasteiger partial charge in [0.05, 0.1) is 6.10 Å². The quantitative estimate of drug-likeness (QED) is 0.856. The van der Waals surface area contributed by atoms with Gasteiger partial charge in [0.1, 0.15) is 17.9 Å². The molecule has 24 heavy (non-hydrogen) atoms. The molecule has 0 radical (unpaired) electrons. The lowest BCUT2D eigenvalue weighted by molar-refractivity contribution is -0.136. The van der Waals surface area contributed by atoms with Crippen LogP contribution in [-0.4, -0.2) is 35.4 Å². The van der Waals surface area contributed by atoms with Gasteiger partial charge in [0.25, 0.3) is 0 Å². The van der Waals surface area contributed by atoms with Crippen molar-refractivity contribution in [3.05, 3.63) is 28.8 Å². The Morgan fingerprint density at radius 3 is 2.42 bits per heavy atom. The topological polar surface area (TPSA) is 84.9 Å². The van der Waals surface area contributed by atoms with E-state index in [0.29, 0.717) is 6.10 Å². The van der Waals surface area contributed by atoms with E-state index in [1.54, 1.807) is 20.8 Å². The second-order valence-electron chi connectivity index (χ2n) is 6.48. The molecule has 2 N–H and O–H groups in total. The van der Waals surface area contributed by atoms with Crippen LogP contribution in [0.5, 0.6) is 5.75 Å². The molecule has 0 bridgehead atoms. The number of carboxylic acid groups (broad SMARTS) is 1. The molecule has 1 amide bonds. The normalized spacial score (nSPS) is 13.4. The number of amides is 1. The zero-order valence-corrected chi connectivity index (χ0v) is 15.1. The van der Waals surface area contributed by atoms with E-state index in [2.05, 4.69) is 5.32 Å². The highest BCUT2D eigenvalue weighted by Gasteiger charge is 2.23. The second kappa shape index (κ2) is 8.78. The molecule has 1 aromatic rings. The van der Waals surface area contributed by atoms with Crippen LogP contribution in [0.2, 0.25) is 5.02 Å². The summed E-state index contributed by atoms with van der Waals surface area (Å²) in [6, 6.07) is 5.74. The van der Waals surface area contributed by atoms with E-state index >= 15 is 0 Å². The lowest BCUT2D eigenvalue weighted by Crippen LogP contribution is -2.35. The molecular formula is C17H24ClNO5. The van der Waals surface area contributed by atoms with E-state index in [4.69, 9.17) is 26.2 Å². The second-order valence-corrected chi connectivity index (χ2v) is 6.91. The maximum absolute atomic E-state index is 10.8. The molecule has 0 unspecified atom stereocenters. The molecule has 0 heterocycles. The van der Waals surface area contributed by atoms with Crippen LogP contribution in [0.4, 0.5) is 4.79 Å². The number of benzene rings is 1. The van der Waals surface area contributed by atoms with Gasteiger partial charge in [-0.15, -0.1) is 0 Å². The molecule has 1 saturated carbocycles. The van der Waals surface area contributed by atoms with Crippen molar-refractivity contribution < 1.29 is 24.2 Å². The summed E-state index contributed by atoms with van der Waals surface area (Å²) in [5.41, 5.74) is 0.525. The lowest BCUT2D eigenvalue weighted by Gasteiger charge is -2.19. The van der Waals surface area contributed by atoms with E-state index in [0.717, 1.165) is 16.3 Å². The minimum atomic E-state index is -1.10. The fourth-order valence-corrected chi connectivity index (χ4v) is 1.80. The highest BCUT2D eigenvalue weighted by molar-refractivity contribution is 6.30. The van der Waals surface area contributed by atoms with Crippen molar-refractivity contribution in [1.82, 2.24) is 5.32 Å². The first-order chi connectivity index (χ1) is 11.1. The third kappa shape index (κ3) is 9.25. The van der Waals surface area contributed by atoms with Gasteiger partial charge in [-0.1, -0.05) is 11.6 Å². The largest absolute Gasteiger partial charge is 0.490 e. The molecule has 2 rings (SSSR count). The molecule has 0 saturated heterocycles. The summed E-state index contributed by atoms with van der Waals surface area (Å²) >= 11 is 5.81. The fraction of sp³-hybridized carbons (Fsp3) is 0.529. The first-order valence-corrected chi connectivity index (χ1v) is 8.06. The zero-order chi connectivity index (χ0) is 18.3. The predicted octanol–water partition coefficient (Wildman–Crippen LogP) is 3.79. The molecule has 0 atom stereocenters. The van der Waals surface area contributed by atoms with Crippen LogP contribution in [0.3, 0.4) is 0 Å². The number of alkyl carbamates (subject to hydrolysis) is 1. The number of rotatable bonds is 4. The molecule has 0 aromatic heterocycles. The number of carbonyl (C=O) groups excluding carboxylic acids is 1. The standard InChI is InChI=1S/C10H11ClO.C7H13NO4/c1-7-6-8(11)2-5-10(7)12-9-3-4-9;1-7(2,3)12-6(11)8-4-5(9)10/h2,5-6,9H,3-4H2,1H3;4H2,1-3H3,(H,8,11)(H,9,10). The van der Waals surface area contributed by atoms with Gasteiger partial charge in [-0.3, -0.25) is 4.79 Å². The Hall–Kier alpha value is -1.95. The van der Waals surface area contributed by atoms with Crippen molar-refractivity contribution in [2.45, 2.75) is 52.2 Å². The summed E-state index contributed by atoms with van der Waals surface area (Å²) in [4.78, 5) is 20.8. The minimum Gasteiger partial charge on any atom is -0.490 e. The highest BCUT2D eigenvalue weighted by Crippen LogP contribution is 2.29. The van der Waals surface area contributed by atoms with Crippen molar-refractivity contribution >= 4 is 23.7 Å². The summed E-state index contributed by atoms with van der Waals surface area (Å²) in [5, 5.41) is 11.0. The van der Waals surface area contributed by atoms with Crippen molar-refractivity contribution in [3.8, 4) is 5.75 Å². The van der Waals surface area contributed by atoms with Gasteiger partial charge in [-0.25, -0.2) is 4.79 Å². The van der Waals surface area contributed by atoms with E-state index in [1.165, 1.54) is 12.8 Å². The Labute approximate surface area is 147 Å². The van der Waals surface area contributed by atoms with Gasteiger partial charge in [-0.2, -0.15) is 0 Å². The molecule has 1 aliphatic carbocycles. The van der Waals surface area contributed by atoms with Crippen molar-refractivity contribution in [3.63, 3.8) is 0 Å². The SMILES string of the molecule is CC(C)(C)OC(=O)NCC(=O)O.Cc1cc(Cl)ccc1OC1CC1. The zero-order valence-electron chi connectivity index (χ0n) is 14.4. The predicted molar refractivity (Wildman–Crippen MR) is 91.7 cm³/mol. The van der Waals surface area contributed by atoms with Gasteiger partial charge >= 0.3 is 12.1 Å². The number of nitrogens with one attached hydrogen (secondary N) is 1. The van der Waals surface area contributed by atoms with Crippen LogP contribution in [0.15, 0.2) is 18.2 Å². The van der Waals surface area contributed by atoms with Crippen LogP contribution >= 0.6 is 11.6 Å². The van der Waals surface area contributed by atoms with Gasteiger partial charge in [0.2, 0.25) is 0 Å². The smallest absolute Gasteiger partial charge is 0.408 e. The molecule has 1 aliphatic rings. The third-order valence-corrected chi connectivity index (χ3v) is 2.97. The van der Waals surface area contributed by atoms with Crippen molar-refractivity contribution in [2.75, 3.05) is 6.54 Å². The number of aryl methyl sites for hydroxylation is 1. The number of aliphatic carboxylic acids is 1. The maximum atomic E-state index is 10.8. The number of carboxylic acids is 1. The van der Waals surface area contributed by atoms with Crippen LogP contribution in [0.1, 0.15) is 39.2 Å². The molecule has 1 aromatic carbocycles. The van der Waals surface area contributed by atoms with Crippen molar-refractivity contribution in [1.29, 1.82) is 0 Å². The highest BCUT2D eigenvalue weighted by atomic mass is 35.5. The van der Waals surface area contributed by atoms with Crippen molar-refractivity contribution in [2.24, 2.45) is 0 Å². The molecule has 134 valence electrons. The average Bonchev–Trinajstić information content (AvgIpc) is 3.23. The Morgan fingerprint density at radius 1 is 1.33 bits per heavy atom. The number of ether oxygens (including phenoxy) is 2. The molecule has 7 heteroatoms. The van der Waals surface area contributed by atoms with E-state index < -0.39 is 24.2 Å². The number of hydrogen-bond acceptors (Lipinski definition) is 4. The van der Waals surface area contributed by atoms with Gasteiger partial charge in [0.15, 0.2) is 0 Å². The first-order valence-electron chi connectivity index (χ1n) is 7.68. The van der Waals surface area contributed by atoms with Gasteiger partial charge < -0.3 is 19.9 Å². The summed E-state index contributed by atoms with van der Waals surface area (Å²) in [5.74, 6) is -0.122. The summed E-state index contributed by atoms with van der Waals surface area (Å²) < 4.78 is 10.4. The van der Waals surface area contributed by atoms with E-state index in [1.807, 2.05) is 25.1 Å². The maximum Gasteiger partial charge on any atom is 0.408 e. The van der Waals surface area contributed by atoms with Crippen LogP contribution < -0.4 is 10.1 Å². The number of hydrogen-bond donors (Lipinski definition) is 2. The average molecular weight is 358 g/mol. The lowest BCUT2D eigenvalue weighted by atomic mass is 10.2. The Morgan fingerprint density at radius 2 is 1.96 bits per heavy atom. The molecule has 0 spiro atoms. The van der Waals surface area contributed by atoms with Gasteiger partial charge in [-0.05, 0) is 64.3 Å². The molecule has 1 fully saturated rings. The Balaban J connectivity index is 0.000000240. The van der Waals surface area contributed by atoms with Crippen LogP contribution in [0.25, 0.3) is 0 Å². The monoisotopic (exact) mass is 357 g/mol. The first kappa shape index (κ1) is 20.1. The minimum absolute atomic E-state index is 0.422. The van der Waals surface area contributed by atoms with E-state index in [-0.39, 0.29) is 0 Å². The van der Waals surface area contributed by atoms with Gasteiger partial charge in [0, 0.05) is 5.02 Å². The molecule has 0 aliphatic heterocycles. The summed E-state index contributed by atoms with van der Waals surface area (Å²) in [7, 11) is 0. The summed E-state index contributed by atoms with van der Waals surface area (Å²) in [6.07, 6.45) is 2.14. The third-order valence-electron chi connectivity index (χ3n) is 2.74. The fourth-order valence-electron chi connectivity index (χ4n) is 1.57. The number of halogens is 1. The Bertz CT molecular complexity index is 579. The number of carbonyl (C=O) groups is 2. The molecule has 6 nitrogen and oxygen atoms in total. The summed E-state index contributed by atoms with van der Waals surface area (Å²) in [6.45, 7) is 6.70. The Kier molecular flexibility index (Phi) is 7.35. The van der Waals surface area contributed by atoms with Crippen LogP contribution in [-0.2, 0) is 9.53 Å².